The fraction of sp³-hybridized carbons (Fsp3) is 0.542. The van der Waals surface area contributed by atoms with Crippen molar-refractivity contribution in [2.24, 2.45) is 5.92 Å². The number of ether oxygens (including phenoxy) is 1. The zero-order valence-electron chi connectivity index (χ0n) is 20.0. The van der Waals surface area contributed by atoms with Crippen LogP contribution in [0.2, 0.25) is 0 Å². The quantitative estimate of drug-likeness (QED) is 0.593. The number of piperidine rings is 1. The van der Waals surface area contributed by atoms with E-state index in [1.54, 1.807) is 4.68 Å². The van der Waals surface area contributed by atoms with Gasteiger partial charge in [0.1, 0.15) is 6.04 Å². The second kappa shape index (κ2) is 9.05. The van der Waals surface area contributed by atoms with E-state index in [9.17, 15) is 9.59 Å². The van der Waals surface area contributed by atoms with E-state index in [2.05, 4.69) is 31.5 Å². The molecule has 0 bridgehead atoms. The fourth-order valence-electron chi connectivity index (χ4n) is 4.54. The highest BCUT2D eigenvalue weighted by atomic mass is 16.5. The number of aryl methyl sites for hydroxylation is 1. The molecule has 1 unspecified atom stereocenters. The number of carbonyl (C=O) groups excluding carboxylic acids is 1. The molecule has 4 rings (SSSR count). The molecular formula is C24H32N6O3. The van der Waals surface area contributed by atoms with Crippen LogP contribution in [0.15, 0.2) is 29.1 Å². The normalized spacial score (nSPS) is 16.8. The first-order valence-electron chi connectivity index (χ1n) is 11.5. The molecule has 1 aliphatic heterocycles. The first kappa shape index (κ1) is 23.1. The predicted molar refractivity (Wildman–Crippen MR) is 125 cm³/mol. The molecule has 1 N–H and O–H groups in total. The van der Waals surface area contributed by atoms with E-state index in [1.807, 2.05) is 52.8 Å². The molecule has 0 aliphatic carbocycles. The van der Waals surface area contributed by atoms with E-state index in [4.69, 9.17) is 4.74 Å². The number of carbonyl (C=O) groups is 1. The van der Waals surface area contributed by atoms with Crippen LogP contribution in [0.1, 0.15) is 63.5 Å². The Morgan fingerprint density at radius 1 is 1.24 bits per heavy atom. The number of benzene rings is 1. The molecule has 0 amide bonds. The molecule has 0 radical (unpaired) electrons. The van der Waals surface area contributed by atoms with Crippen LogP contribution in [0.4, 0.5) is 0 Å². The number of H-pyrrole nitrogens is 1. The zero-order valence-corrected chi connectivity index (χ0v) is 20.0. The highest BCUT2D eigenvalue weighted by Gasteiger charge is 2.36. The summed E-state index contributed by atoms with van der Waals surface area (Å²) in [5.41, 5.74) is 1.99. The summed E-state index contributed by atoms with van der Waals surface area (Å²) in [6, 6.07) is 7.48. The maximum absolute atomic E-state index is 13.3. The van der Waals surface area contributed by atoms with Gasteiger partial charge in [-0.15, -0.1) is 5.10 Å². The highest BCUT2D eigenvalue weighted by Crippen LogP contribution is 2.33. The summed E-state index contributed by atoms with van der Waals surface area (Å²) >= 11 is 0. The van der Waals surface area contributed by atoms with Gasteiger partial charge in [-0.25, -0.2) is 4.68 Å². The summed E-state index contributed by atoms with van der Waals surface area (Å²) in [5.74, 6) is 0.347. The molecule has 33 heavy (non-hydrogen) atoms. The first-order valence-corrected chi connectivity index (χ1v) is 11.5. The van der Waals surface area contributed by atoms with Crippen molar-refractivity contribution in [3.05, 3.63) is 51.6 Å². The number of fused-ring (bicyclic) bond motifs is 1. The molecule has 0 spiro atoms. The topological polar surface area (TPSA) is 106 Å². The molecule has 1 aromatic carbocycles. The average Bonchev–Trinajstić information content (AvgIpc) is 3.25. The third-order valence-corrected chi connectivity index (χ3v) is 6.21. The molecule has 1 aliphatic rings. The van der Waals surface area contributed by atoms with E-state index >= 15 is 0 Å². The van der Waals surface area contributed by atoms with Crippen molar-refractivity contribution in [2.75, 3.05) is 19.7 Å². The van der Waals surface area contributed by atoms with Gasteiger partial charge in [0.25, 0.3) is 5.56 Å². The maximum atomic E-state index is 13.3. The third-order valence-electron chi connectivity index (χ3n) is 6.21. The van der Waals surface area contributed by atoms with Crippen LogP contribution >= 0.6 is 0 Å². The van der Waals surface area contributed by atoms with Crippen LogP contribution < -0.4 is 5.56 Å². The molecule has 9 heteroatoms. The molecule has 1 fully saturated rings. The van der Waals surface area contributed by atoms with Crippen LogP contribution in [0, 0.1) is 12.8 Å². The van der Waals surface area contributed by atoms with Gasteiger partial charge in [-0.1, -0.05) is 11.6 Å². The molecule has 9 nitrogen and oxygen atoms in total. The van der Waals surface area contributed by atoms with Crippen molar-refractivity contribution in [3.8, 4) is 0 Å². The Morgan fingerprint density at radius 3 is 2.64 bits per heavy atom. The van der Waals surface area contributed by atoms with Gasteiger partial charge in [-0.3, -0.25) is 14.5 Å². The third kappa shape index (κ3) is 4.68. The van der Waals surface area contributed by atoms with E-state index in [-0.39, 0.29) is 23.0 Å². The Balaban J connectivity index is 1.78. The van der Waals surface area contributed by atoms with Gasteiger partial charge in [0, 0.05) is 24.2 Å². The summed E-state index contributed by atoms with van der Waals surface area (Å²) in [6.45, 7) is 11.6. The Kier molecular flexibility index (Phi) is 6.34. The lowest BCUT2D eigenvalue weighted by molar-refractivity contribution is -0.149. The van der Waals surface area contributed by atoms with Gasteiger partial charge in [-0.05, 0) is 81.5 Å². The minimum Gasteiger partial charge on any atom is -0.466 e. The molecule has 2 aromatic heterocycles. The lowest BCUT2D eigenvalue weighted by Crippen LogP contribution is -2.43. The first-order chi connectivity index (χ1) is 15.7. The number of rotatable bonds is 5. The van der Waals surface area contributed by atoms with E-state index in [1.165, 1.54) is 0 Å². The number of tetrazole rings is 1. The van der Waals surface area contributed by atoms with Crippen LogP contribution in [0.3, 0.4) is 0 Å². The van der Waals surface area contributed by atoms with Gasteiger partial charge in [0.05, 0.1) is 18.1 Å². The summed E-state index contributed by atoms with van der Waals surface area (Å²) < 4.78 is 7.01. The fourth-order valence-corrected chi connectivity index (χ4v) is 4.54. The predicted octanol–water partition coefficient (Wildman–Crippen LogP) is 2.94. The Labute approximate surface area is 193 Å². The lowest BCUT2D eigenvalue weighted by atomic mass is 9.93. The number of hydrogen-bond donors (Lipinski definition) is 1. The summed E-state index contributed by atoms with van der Waals surface area (Å²) in [5, 5.41) is 13.5. The number of pyridine rings is 1. The van der Waals surface area contributed by atoms with Crippen LogP contribution in [-0.2, 0) is 15.1 Å². The second-order valence-electron chi connectivity index (χ2n) is 9.73. The minimum atomic E-state index is -0.434. The number of nitrogens with zero attached hydrogens (tertiary/aromatic N) is 5. The number of nitrogens with one attached hydrogen (secondary N) is 1. The van der Waals surface area contributed by atoms with Crippen molar-refractivity contribution in [2.45, 2.75) is 59.0 Å². The van der Waals surface area contributed by atoms with Crippen molar-refractivity contribution >= 4 is 16.9 Å². The molecule has 176 valence electrons. The van der Waals surface area contributed by atoms with Crippen LogP contribution in [0.25, 0.3) is 10.9 Å². The zero-order chi connectivity index (χ0) is 23.8. The summed E-state index contributed by atoms with van der Waals surface area (Å²) in [6.07, 6.45) is 1.33. The standard InChI is InChI=1S/C24H32N6O3/c1-6-33-23(32)16-9-11-29(12-10-16)20(21-26-27-28-30(21)24(3,4)5)18-14-17-13-15(2)7-8-19(17)25-22(18)31/h7-8,13-14,16,20H,6,9-12H2,1-5H3,(H,25,31). The van der Waals surface area contributed by atoms with Crippen molar-refractivity contribution in [1.29, 1.82) is 0 Å². The Hall–Kier alpha value is -3.07. The smallest absolute Gasteiger partial charge is 0.309 e. The second-order valence-corrected chi connectivity index (χ2v) is 9.73. The summed E-state index contributed by atoms with van der Waals surface area (Å²) in [4.78, 5) is 30.8. The SMILES string of the molecule is CCOC(=O)C1CCN(C(c2cc3cc(C)ccc3[nH]c2=O)c2nnnn2C(C)(C)C)CC1. The molecule has 1 atom stereocenters. The van der Waals surface area contributed by atoms with E-state index in [0.717, 1.165) is 16.5 Å². The summed E-state index contributed by atoms with van der Waals surface area (Å²) in [7, 11) is 0. The van der Waals surface area contributed by atoms with Gasteiger partial charge < -0.3 is 9.72 Å². The van der Waals surface area contributed by atoms with Gasteiger partial charge in [0.2, 0.25) is 0 Å². The van der Waals surface area contributed by atoms with E-state index in [0.29, 0.717) is 43.9 Å². The van der Waals surface area contributed by atoms with Crippen LogP contribution in [-0.4, -0.2) is 55.8 Å². The van der Waals surface area contributed by atoms with Crippen molar-refractivity contribution < 1.29 is 9.53 Å². The maximum Gasteiger partial charge on any atom is 0.309 e. The molecule has 3 heterocycles. The van der Waals surface area contributed by atoms with E-state index < -0.39 is 6.04 Å². The number of aromatic nitrogens is 5. The highest BCUT2D eigenvalue weighted by molar-refractivity contribution is 5.79. The van der Waals surface area contributed by atoms with Crippen LogP contribution in [0.5, 0.6) is 0 Å². The Bertz CT molecular complexity index is 1200. The molecular weight excluding hydrogens is 420 g/mol. The monoisotopic (exact) mass is 452 g/mol. The number of likely N-dealkylation sites (tertiary alicyclic amines) is 1. The molecule has 0 saturated carbocycles. The van der Waals surface area contributed by atoms with Gasteiger partial charge in [-0.2, -0.15) is 0 Å². The largest absolute Gasteiger partial charge is 0.466 e. The number of esters is 1. The Morgan fingerprint density at radius 2 is 1.97 bits per heavy atom. The van der Waals surface area contributed by atoms with Gasteiger partial charge >= 0.3 is 5.97 Å². The van der Waals surface area contributed by atoms with Crippen molar-refractivity contribution in [1.82, 2.24) is 30.1 Å². The molecule has 1 saturated heterocycles. The number of hydrogen-bond acceptors (Lipinski definition) is 7. The van der Waals surface area contributed by atoms with Gasteiger partial charge in [0.15, 0.2) is 5.82 Å². The average molecular weight is 453 g/mol. The lowest BCUT2D eigenvalue weighted by Gasteiger charge is -2.37. The number of aromatic amines is 1. The minimum absolute atomic E-state index is 0.127. The molecule has 3 aromatic rings. The van der Waals surface area contributed by atoms with Crippen molar-refractivity contribution in [3.63, 3.8) is 0 Å².